The van der Waals surface area contributed by atoms with E-state index >= 15 is 0 Å². The Morgan fingerprint density at radius 2 is 0.485 bits per heavy atom. The van der Waals surface area contributed by atoms with Crippen molar-refractivity contribution in [1.82, 2.24) is 0 Å². The third-order valence-electron chi connectivity index (χ3n) is 14.4. The van der Waals surface area contributed by atoms with E-state index in [1.54, 1.807) is 0 Å². The average Bonchev–Trinajstić information content (AvgIpc) is 3.39. The Kier molecular flexibility index (Phi) is 8.08. The van der Waals surface area contributed by atoms with Gasteiger partial charge in [-0.15, -0.1) is 0 Å². The molecule has 0 atom stereocenters. The van der Waals surface area contributed by atoms with Crippen LogP contribution in [0, 0.1) is 0 Å². The van der Waals surface area contributed by atoms with E-state index < -0.39 is 0 Å². The van der Waals surface area contributed by atoms with Crippen molar-refractivity contribution in [3.63, 3.8) is 0 Å². The third kappa shape index (κ3) is 5.46. The van der Waals surface area contributed by atoms with E-state index in [0.29, 0.717) is 0 Å². The van der Waals surface area contributed by atoms with Crippen molar-refractivity contribution in [2.24, 2.45) is 0 Å². The third-order valence-corrected chi connectivity index (χ3v) is 14.4. The van der Waals surface area contributed by atoms with Gasteiger partial charge in [0, 0.05) is 0 Å². The monoisotopic (exact) mass is 832 g/mol. The lowest BCUT2D eigenvalue weighted by molar-refractivity contribution is 1.65. The van der Waals surface area contributed by atoms with Crippen molar-refractivity contribution >= 4 is 97.0 Å². The van der Waals surface area contributed by atoms with Gasteiger partial charge >= 0.3 is 0 Å². The van der Waals surface area contributed by atoms with Gasteiger partial charge in [-0.2, -0.15) is 0 Å². The first-order chi connectivity index (χ1) is 32.8. The highest BCUT2D eigenvalue weighted by Crippen LogP contribution is 2.49. The molecule has 0 saturated heterocycles. The normalized spacial score (nSPS) is 11.9. The average molecular weight is 833 g/mol. The molecule has 0 saturated carbocycles. The van der Waals surface area contributed by atoms with Crippen LogP contribution in [0.15, 0.2) is 243 Å². The first-order valence-electron chi connectivity index (χ1n) is 23.0. The number of benzene rings is 14. The molecule has 0 radical (unpaired) electrons. The molecular formula is C66H40. The molecule has 304 valence electrons. The lowest BCUT2D eigenvalue weighted by Gasteiger charge is -2.20. The van der Waals surface area contributed by atoms with Crippen LogP contribution in [0.2, 0.25) is 0 Å². The molecule has 14 aromatic rings. The van der Waals surface area contributed by atoms with Crippen LogP contribution in [0.1, 0.15) is 0 Å². The van der Waals surface area contributed by atoms with Gasteiger partial charge in [0.25, 0.3) is 0 Å². The highest BCUT2D eigenvalue weighted by Gasteiger charge is 2.21. The van der Waals surface area contributed by atoms with Gasteiger partial charge in [-0.05, 0) is 154 Å². The van der Waals surface area contributed by atoms with Crippen molar-refractivity contribution in [1.29, 1.82) is 0 Å². The van der Waals surface area contributed by atoms with Crippen LogP contribution < -0.4 is 0 Å². The lowest BCUT2D eigenvalue weighted by Crippen LogP contribution is -1.92. The standard InChI is InChI=1S/C66H40/c1-5-21-47-41(15-1)19-13-29-55(47)63-49-23-7-3-17-43(49)31-35-51(63)45-33-37-59-61(39-45)53-25-9-11-27-57(53)66-60-38-34-46(40-62(60)54-26-10-12-28-58(54)65(59)66)52-36-32-44-18-4-8-24-50(44)64(52)56-30-14-20-42-16-2-6-22-48(42)56/h1-40H. The summed E-state index contributed by atoms with van der Waals surface area (Å²) >= 11 is 0. The Bertz CT molecular complexity index is 4050. The molecule has 0 heterocycles. The van der Waals surface area contributed by atoms with Crippen LogP contribution in [-0.4, -0.2) is 0 Å². The summed E-state index contributed by atoms with van der Waals surface area (Å²) in [6.45, 7) is 0. The summed E-state index contributed by atoms with van der Waals surface area (Å²) in [5.74, 6) is 0. The molecule has 0 aliphatic heterocycles. The maximum absolute atomic E-state index is 2.46. The molecule has 0 bridgehead atoms. The molecule has 0 fully saturated rings. The largest absolute Gasteiger partial charge is 0.0616 e. The summed E-state index contributed by atoms with van der Waals surface area (Å²) in [4.78, 5) is 0. The van der Waals surface area contributed by atoms with Gasteiger partial charge in [-0.3, -0.25) is 0 Å². The molecule has 0 N–H and O–H groups in total. The van der Waals surface area contributed by atoms with Crippen molar-refractivity contribution in [2.75, 3.05) is 0 Å². The van der Waals surface area contributed by atoms with Gasteiger partial charge in [-0.25, -0.2) is 0 Å². The summed E-state index contributed by atoms with van der Waals surface area (Å²) in [5.41, 5.74) is 9.97. The summed E-state index contributed by atoms with van der Waals surface area (Å²) in [6.07, 6.45) is 0. The summed E-state index contributed by atoms with van der Waals surface area (Å²) in [6, 6.07) is 90.5. The van der Waals surface area contributed by atoms with Crippen LogP contribution in [-0.2, 0) is 0 Å². The fourth-order valence-corrected chi connectivity index (χ4v) is 11.5. The quantitative estimate of drug-likeness (QED) is 0.155. The predicted molar refractivity (Wildman–Crippen MR) is 286 cm³/mol. The van der Waals surface area contributed by atoms with E-state index in [9.17, 15) is 0 Å². The second kappa shape index (κ2) is 14.5. The Balaban J connectivity index is 1.04. The molecular weight excluding hydrogens is 793 g/mol. The smallest absolute Gasteiger partial charge is 0.00139 e. The zero-order valence-electron chi connectivity index (χ0n) is 36.1. The molecule has 0 aliphatic rings. The van der Waals surface area contributed by atoms with Crippen molar-refractivity contribution in [2.45, 2.75) is 0 Å². The second-order valence-electron chi connectivity index (χ2n) is 17.8. The zero-order valence-corrected chi connectivity index (χ0v) is 36.1. The predicted octanol–water partition coefficient (Wildman–Crippen LogP) is 18.7. The molecule has 14 rings (SSSR count). The van der Waals surface area contributed by atoms with Gasteiger partial charge in [0.15, 0.2) is 0 Å². The highest BCUT2D eigenvalue weighted by atomic mass is 14.2. The minimum Gasteiger partial charge on any atom is -0.0616 e. The molecule has 0 unspecified atom stereocenters. The Morgan fingerprint density at radius 1 is 0.167 bits per heavy atom. The highest BCUT2D eigenvalue weighted by molar-refractivity contribution is 6.40. The molecule has 66 heavy (non-hydrogen) atoms. The molecule has 0 aliphatic carbocycles. The number of hydrogen-bond acceptors (Lipinski definition) is 0. The van der Waals surface area contributed by atoms with E-state index in [0.717, 1.165) is 0 Å². The van der Waals surface area contributed by atoms with Gasteiger partial charge < -0.3 is 0 Å². The Hall–Kier alpha value is -8.58. The van der Waals surface area contributed by atoms with Gasteiger partial charge in [0.05, 0.1) is 0 Å². The van der Waals surface area contributed by atoms with E-state index in [1.165, 1.54) is 141 Å². The maximum Gasteiger partial charge on any atom is -0.00139 e. The van der Waals surface area contributed by atoms with E-state index in [2.05, 4.69) is 243 Å². The molecule has 0 spiro atoms. The number of hydrogen-bond donors (Lipinski definition) is 0. The maximum atomic E-state index is 2.46. The van der Waals surface area contributed by atoms with Crippen LogP contribution in [0.25, 0.3) is 141 Å². The molecule has 0 aromatic heterocycles. The first kappa shape index (κ1) is 36.9. The fraction of sp³-hybridized carbons (Fsp3) is 0. The summed E-state index contributed by atoms with van der Waals surface area (Å²) in [5, 5.41) is 22.8. The van der Waals surface area contributed by atoms with Crippen molar-refractivity contribution in [3.8, 4) is 44.5 Å². The van der Waals surface area contributed by atoms with Crippen LogP contribution in [0.5, 0.6) is 0 Å². The van der Waals surface area contributed by atoms with Gasteiger partial charge in [0.2, 0.25) is 0 Å². The van der Waals surface area contributed by atoms with Crippen LogP contribution in [0.4, 0.5) is 0 Å². The minimum atomic E-state index is 1.22. The SMILES string of the molecule is c1ccc2c(-c3c(-c4ccc5c(c4)c4ccccc4c4c6ccc(-c7ccc8ccccc8c7-c7cccc8ccccc78)cc6c6ccccc6c54)ccc4ccccc34)cccc2c1. The van der Waals surface area contributed by atoms with E-state index in [4.69, 9.17) is 0 Å². The van der Waals surface area contributed by atoms with Crippen molar-refractivity contribution < 1.29 is 0 Å². The molecule has 0 amide bonds. The Morgan fingerprint density at radius 3 is 0.909 bits per heavy atom. The molecule has 0 nitrogen and oxygen atoms in total. The van der Waals surface area contributed by atoms with Crippen molar-refractivity contribution in [3.05, 3.63) is 243 Å². The summed E-state index contributed by atoms with van der Waals surface area (Å²) < 4.78 is 0. The van der Waals surface area contributed by atoms with E-state index in [-0.39, 0.29) is 0 Å². The van der Waals surface area contributed by atoms with Crippen LogP contribution in [0.3, 0.4) is 0 Å². The molecule has 14 aromatic carbocycles. The second-order valence-corrected chi connectivity index (χ2v) is 17.8. The number of fused-ring (bicyclic) bond motifs is 15. The zero-order chi connectivity index (χ0) is 43.3. The first-order valence-corrected chi connectivity index (χ1v) is 23.0. The molecule has 0 heteroatoms. The van der Waals surface area contributed by atoms with Gasteiger partial charge in [-0.1, -0.05) is 231 Å². The number of rotatable bonds is 4. The van der Waals surface area contributed by atoms with E-state index in [1.807, 2.05) is 0 Å². The van der Waals surface area contributed by atoms with Crippen LogP contribution >= 0.6 is 0 Å². The lowest BCUT2D eigenvalue weighted by atomic mass is 9.83. The topological polar surface area (TPSA) is 0 Å². The minimum absolute atomic E-state index is 1.22. The summed E-state index contributed by atoms with van der Waals surface area (Å²) in [7, 11) is 0. The Labute approximate surface area is 382 Å². The fourth-order valence-electron chi connectivity index (χ4n) is 11.5. The van der Waals surface area contributed by atoms with Gasteiger partial charge in [0.1, 0.15) is 0 Å².